The van der Waals surface area contributed by atoms with Crippen molar-refractivity contribution >= 4 is 45.0 Å². The van der Waals surface area contributed by atoms with Gasteiger partial charge in [-0.3, -0.25) is 14.4 Å². The summed E-state index contributed by atoms with van der Waals surface area (Å²) in [5.41, 5.74) is 3.46. The first-order valence-electron chi connectivity index (χ1n) is 13.8. The summed E-state index contributed by atoms with van der Waals surface area (Å²) >= 11 is 1.63. The average molecular weight is 532 g/mol. The lowest BCUT2D eigenvalue weighted by atomic mass is 9.90. The van der Waals surface area contributed by atoms with Crippen LogP contribution in [0.3, 0.4) is 0 Å². The van der Waals surface area contributed by atoms with Crippen molar-refractivity contribution in [2.75, 3.05) is 4.90 Å². The lowest BCUT2D eigenvalue weighted by Crippen LogP contribution is -2.51. The van der Waals surface area contributed by atoms with Gasteiger partial charge in [-0.1, -0.05) is 52.5 Å². The smallest absolute Gasteiger partial charge is 0.257 e. The number of aromatic nitrogens is 1. The monoisotopic (exact) mass is 531 g/mol. The molecule has 3 aromatic rings. The fraction of sp³-hybridized carbons (Fsp3) is 0.484. The number of hydrogen-bond donors (Lipinski definition) is 0. The van der Waals surface area contributed by atoms with Crippen molar-refractivity contribution in [3.63, 3.8) is 0 Å². The first kappa shape index (κ1) is 26.5. The molecule has 1 saturated heterocycles. The van der Waals surface area contributed by atoms with E-state index in [0.717, 1.165) is 59.3 Å². The van der Waals surface area contributed by atoms with Gasteiger partial charge in [0.05, 0.1) is 22.3 Å². The van der Waals surface area contributed by atoms with Crippen molar-refractivity contribution in [1.29, 1.82) is 0 Å². The van der Waals surface area contributed by atoms with Crippen LogP contribution in [0.1, 0.15) is 77.7 Å². The molecular formula is C31H37N3O3S. The highest BCUT2D eigenvalue weighted by molar-refractivity contribution is 7.21. The minimum absolute atomic E-state index is 0.0131. The van der Waals surface area contributed by atoms with Crippen molar-refractivity contribution in [2.45, 2.75) is 91.1 Å². The molecule has 0 radical (unpaired) electrons. The quantitative estimate of drug-likeness (QED) is 0.265. The fourth-order valence-corrected chi connectivity index (χ4v) is 6.80. The highest BCUT2D eigenvalue weighted by Gasteiger charge is 2.46. The van der Waals surface area contributed by atoms with Gasteiger partial charge in [-0.25, -0.2) is 9.88 Å². The molecule has 6 nitrogen and oxygen atoms in total. The molecular weight excluding hydrogens is 494 g/mol. The molecule has 1 aliphatic carbocycles. The Kier molecular flexibility index (Phi) is 7.40. The second-order valence-corrected chi connectivity index (χ2v) is 13.0. The lowest BCUT2D eigenvalue weighted by molar-refractivity contribution is -0.143. The fourth-order valence-electron chi connectivity index (χ4n) is 5.73. The number of anilines is 1. The molecule has 2 aliphatic rings. The van der Waals surface area contributed by atoms with E-state index >= 15 is 0 Å². The third kappa shape index (κ3) is 5.53. The molecule has 1 aliphatic heterocycles. The highest BCUT2D eigenvalue weighted by Crippen LogP contribution is 2.35. The largest absolute Gasteiger partial charge is 0.327 e. The predicted molar refractivity (Wildman–Crippen MR) is 153 cm³/mol. The molecule has 0 bridgehead atoms. The molecule has 2 heterocycles. The average Bonchev–Trinajstić information content (AvgIpc) is 3.26. The van der Waals surface area contributed by atoms with Crippen molar-refractivity contribution < 1.29 is 14.4 Å². The number of thiazole rings is 1. The first-order valence-corrected chi connectivity index (χ1v) is 14.6. The maximum atomic E-state index is 13.8. The summed E-state index contributed by atoms with van der Waals surface area (Å²) in [4.78, 5) is 48.4. The Bertz CT molecular complexity index is 1350. The second kappa shape index (κ2) is 10.6. The van der Waals surface area contributed by atoms with Crippen molar-refractivity contribution in [3.05, 3.63) is 48.0 Å². The van der Waals surface area contributed by atoms with Gasteiger partial charge in [-0.2, -0.15) is 0 Å². The Morgan fingerprint density at radius 3 is 2.37 bits per heavy atom. The summed E-state index contributed by atoms with van der Waals surface area (Å²) in [5.74, 6) is -0.547. The molecule has 0 N–H and O–H groups in total. The molecule has 38 heavy (non-hydrogen) atoms. The van der Waals surface area contributed by atoms with Crippen LogP contribution in [0.15, 0.2) is 42.5 Å². The molecule has 0 spiro atoms. The number of imide groups is 1. The number of fused-ring (bicyclic) bond motifs is 1. The molecule has 2 aromatic carbocycles. The van der Waals surface area contributed by atoms with E-state index in [2.05, 4.69) is 19.1 Å². The SMILES string of the molecule is Cc1ccc2nc(-c3ccc(N4C(=O)CC(N(C(=O)CC(C)(C)C)C5CCCCCC5)C4=O)cc3)sc2c1. The van der Waals surface area contributed by atoms with Crippen LogP contribution < -0.4 is 4.90 Å². The van der Waals surface area contributed by atoms with E-state index in [9.17, 15) is 14.4 Å². The van der Waals surface area contributed by atoms with Gasteiger partial charge in [0.1, 0.15) is 11.0 Å². The number of carbonyl (C=O) groups is 3. The number of rotatable bonds is 5. The highest BCUT2D eigenvalue weighted by atomic mass is 32.1. The van der Waals surface area contributed by atoms with E-state index in [0.29, 0.717) is 12.1 Å². The van der Waals surface area contributed by atoms with E-state index in [1.807, 2.05) is 51.1 Å². The predicted octanol–water partition coefficient (Wildman–Crippen LogP) is 6.89. The minimum Gasteiger partial charge on any atom is -0.327 e. The van der Waals surface area contributed by atoms with Gasteiger partial charge in [0.25, 0.3) is 5.91 Å². The zero-order valence-corrected chi connectivity index (χ0v) is 23.6. The summed E-state index contributed by atoms with van der Waals surface area (Å²) in [5, 5.41) is 0.904. The normalized spacial score (nSPS) is 19.3. The Hall–Kier alpha value is -3.06. The van der Waals surface area contributed by atoms with E-state index in [1.54, 1.807) is 16.2 Å². The van der Waals surface area contributed by atoms with Gasteiger partial charge >= 0.3 is 0 Å². The van der Waals surface area contributed by atoms with Gasteiger partial charge < -0.3 is 4.90 Å². The second-order valence-electron chi connectivity index (χ2n) is 12.0. The van der Waals surface area contributed by atoms with Gasteiger partial charge in [0.15, 0.2) is 0 Å². The zero-order chi connectivity index (χ0) is 27.0. The first-order chi connectivity index (χ1) is 18.1. The number of carbonyl (C=O) groups excluding carboxylic acids is 3. The van der Waals surface area contributed by atoms with Gasteiger partial charge in [0, 0.05) is 18.0 Å². The molecule has 1 atom stereocenters. The minimum atomic E-state index is -0.729. The van der Waals surface area contributed by atoms with E-state index in [-0.39, 0.29) is 35.6 Å². The van der Waals surface area contributed by atoms with Crippen LogP contribution in [0, 0.1) is 12.3 Å². The van der Waals surface area contributed by atoms with Crippen LogP contribution in [0.5, 0.6) is 0 Å². The molecule has 5 rings (SSSR count). The lowest BCUT2D eigenvalue weighted by Gasteiger charge is -2.36. The van der Waals surface area contributed by atoms with Crippen molar-refractivity contribution in [3.8, 4) is 10.6 Å². The summed E-state index contributed by atoms with van der Waals surface area (Å²) in [6.07, 6.45) is 6.60. The number of nitrogens with zero attached hydrogens (tertiary/aromatic N) is 3. The summed E-state index contributed by atoms with van der Waals surface area (Å²) in [6, 6.07) is 13.0. The number of amides is 3. The maximum Gasteiger partial charge on any atom is 0.257 e. The summed E-state index contributed by atoms with van der Waals surface area (Å²) < 4.78 is 1.13. The number of hydrogen-bond acceptors (Lipinski definition) is 5. The summed E-state index contributed by atoms with van der Waals surface area (Å²) in [7, 11) is 0. The molecule has 1 aromatic heterocycles. The molecule has 1 saturated carbocycles. The van der Waals surface area contributed by atoms with Gasteiger partial charge in [-0.05, 0) is 67.1 Å². The standard InChI is InChI=1S/C31H37N3O3S/c1-20-11-16-24-26(17-20)38-29(32-24)21-12-14-23(15-13-21)34-27(35)18-25(30(34)37)33(28(36)19-31(2,3)4)22-9-7-5-6-8-10-22/h11-17,22,25H,5-10,18-19H2,1-4H3. The number of aryl methyl sites for hydroxylation is 1. The van der Waals surface area contributed by atoms with Gasteiger partial charge in [0.2, 0.25) is 11.8 Å². The third-order valence-electron chi connectivity index (χ3n) is 7.56. The van der Waals surface area contributed by atoms with Crippen LogP contribution in [0.4, 0.5) is 5.69 Å². The van der Waals surface area contributed by atoms with Crippen LogP contribution in [-0.4, -0.2) is 39.7 Å². The van der Waals surface area contributed by atoms with E-state index in [4.69, 9.17) is 4.98 Å². The van der Waals surface area contributed by atoms with Gasteiger partial charge in [-0.15, -0.1) is 11.3 Å². The van der Waals surface area contributed by atoms with E-state index in [1.165, 1.54) is 10.5 Å². The zero-order valence-electron chi connectivity index (χ0n) is 22.8. The Labute approximate surface area is 229 Å². The Morgan fingerprint density at radius 2 is 1.71 bits per heavy atom. The van der Waals surface area contributed by atoms with Crippen molar-refractivity contribution in [1.82, 2.24) is 9.88 Å². The molecule has 200 valence electrons. The van der Waals surface area contributed by atoms with Crippen LogP contribution in [-0.2, 0) is 14.4 Å². The van der Waals surface area contributed by atoms with Crippen LogP contribution in [0.2, 0.25) is 0 Å². The molecule has 1 unspecified atom stereocenters. The Balaban J connectivity index is 1.40. The van der Waals surface area contributed by atoms with Crippen molar-refractivity contribution in [2.24, 2.45) is 5.41 Å². The Morgan fingerprint density at radius 1 is 1.03 bits per heavy atom. The topological polar surface area (TPSA) is 70.6 Å². The van der Waals surface area contributed by atoms with Crippen LogP contribution in [0.25, 0.3) is 20.8 Å². The molecule has 7 heteroatoms. The molecule has 2 fully saturated rings. The summed E-state index contributed by atoms with van der Waals surface area (Å²) in [6.45, 7) is 8.19. The number of benzene rings is 2. The molecule has 3 amide bonds. The maximum absolute atomic E-state index is 13.8. The third-order valence-corrected chi connectivity index (χ3v) is 8.63. The van der Waals surface area contributed by atoms with E-state index < -0.39 is 6.04 Å². The van der Waals surface area contributed by atoms with Crippen LogP contribution >= 0.6 is 11.3 Å².